The standard InChI is InChI=1S/C20H24N4O5/c1-13(2)17-6-4-14(3)10-19(17)29-9-8-28-18-7-5-16(24(26)27)11-15(18)12-22-23-20(21)25/h4-7,10-13H,8-9H2,1-3H3,(H3,21,23,25)/b22-12-. The Morgan fingerprint density at radius 1 is 1.21 bits per heavy atom. The Labute approximate surface area is 168 Å². The second kappa shape index (κ2) is 10.1. The summed E-state index contributed by atoms with van der Waals surface area (Å²) in [6.45, 7) is 6.69. The fraction of sp³-hybridized carbons (Fsp3) is 0.300. The summed E-state index contributed by atoms with van der Waals surface area (Å²) in [4.78, 5) is 21.2. The molecule has 2 amide bonds. The maximum Gasteiger partial charge on any atom is 0.332 e. The number of nitrogens with two attached hydrogens (primary N) is 1. The first-order chi connectivity index (χ1) is 13.8. The van der Waals surface area contributed by atoms with Crippen molar-refractivity contribution in [3.05, 3.63) is 63.2 Å². The average Bonchev–Trinajstić information content (AvgIpc) is 2.65. The molecule has 0 saturated carbocycles. The zero-order chi connectivity index (χ0) is 21.4. The second-order valence-electron chi connectivity index (χ2n) is 6.61. The van der Waals surface area contributed by atoms with Gasteiger partial charge in [-0.15, -0.1) is 0 Å². The number of hydrogen-bond acceptors (Lipinski definition) is 6. The summed E-state index contributed by atoms with van der Waals surface area (Å²) in [5.41, 5.74) is 9.39. The Balaban J connectivity index is 2.06. The number of hydrogen-bond donors (Lipinski definition) is 2. The number of carbonyl (C=O) groups is 1. The van der Waals surface area contributed by atoms with Gasteiger partial charge in [0.05, 0.1) is 11.1 Å². The van der Waals surface area contributed by atoms with Gasteiger partial charge in [-0.05, 0) is 36.1 Å². The molecule has 9 heteroatoms. The molecule has 0 bridgehead atoms. The first-order valence-corrected chi connectivity index (χ1v) is 9.01. The van der Waals surface area contributed by atoms with Crippen molar-refractivity contribution in [3.63, 3.8) is 0 Å². The van der Waals surface area contributed by atoms with Gasteiger partial charge < -0.3 is 15.2 Å². The number of rotatable bonds is 9. The maximum absolute atomic E-state index is 11.0. The predicted molar refractivity (Wildman–Crippen MR) is 110 cm³/mol. The van der Waals surface area contributed by atoms with E-state index in [1.807, 2.05) is 30.5 Å². The normalized spacial score (nSPS) is 10.9. The Morgan fingerprint density at radius 2 is 1.90 bits per heavy atom. The number of benzene rings is 2. The summed E-state index contributed by atoms with van der Waals surface area (Å²) < 4.78 is 11.6. The van der Waals surface area contributed by atoms with Crippen LogP contribution in [0.1, 0.15) is 36.5 Å². The Morgan fingerprint density at radius 3 is 2.52 bits per heavy atom. The smallest absolute Gasteiger partial charge is 0.332 e. The molecule has 0 aliphatic rings. The van der Waals surface area contributed by atoms with E-state index in [4.69, 9.17) is 15.2 Å². The summed E-state index contributed by atoms with van der Waals surface area (Å²) in [6.07, 6.45) is 1.23. The lowest BCUT2D eigenvalue weighted by Crippen LogP contribution is -2.24. The van der Waals surface area contributed by atoms with Crippen LogP contribution >= 0.6 is 0 Å². The average molecular weight is 400 g/mol. The minimum atomic E-state index is -0.846. The number of carbonyl (C=O) groups excluding carboxylic acids is 1. The van der Waals surface area contributed by atoms with E-state index >= 15 is 0 Å². The summed E-state index contributed by atoms with van der Waals surface area (Å²) in [5.74, 6) is 1.49. The summed E-state index contributed by atoms with van der Waals surface area (Å²) in [7, 11) is 0. The first-order valence-electron chi connectivity index (χ1n) is 9.01. The van der Waals surface area contributed by atoms with Crippen LogP contribution in [-0.4, -0.2) is 30.4 Å². The van der Waals surface area contributed by atoms with Gasteiger partial charge in [-0.2, -0.15) is 5.10 Å². The van der Waals surface area contributed by atoms with Crippen molar-refractivity contribution in [2.45, 2.75) is 26.7 Å². The number of nitrogens with zero attached hydrogens (tertiary/aromatic N) is 2. The number of hydrazone groups is 1. The number of nitro groups is 1. The lowest BCUT2D eigenvalue weighted by molar-refractivity contribution is -0.384. The Bertz CT molecular complexity index is 912. The minimum absolute atomic E-state index is 0.129. The van der Waals surface area contributed by atoms with E-state index in [9.17, 15) is 14.9 Å². The van der Waals surface area contributed by atoms with Crippen molar-refractivity contribution in [3.8, 4) is 11.5 Å². The molecule has 9 nitrogen and oxygen atoms in total. The zero-order valence-electron chi connectivity index (χ0n) is 16.5. The van der Waals surface area contributed by atoms with Crippen LogP contribution in [0.4, 0.5) is 10.5 Å². The van der Waals surface area contributed by atoms with Crippen LogP contribution in [0.25, 0.3) is 0 Å². The van der Waals surface area contributed by atoms with Gasteiger partial charge in [0.25, 0.3) is 5.69 Å². The van der Waals surface area contributed by atoms with E-state index in [-0.39, 0.29) is 18.9 Å². The molecule has 0 heterocycles. The van der Waals surface area contributed by atoms with Gasteiger partial charge in [0, 0.05) is 17.7 Å². The predicted octanol–water partition coefficient (Wildman–Crippen LogP) is 3.49. The Hall–Kier alpha value is -3.62. The molecule has 0 unspecified atom stereocenters. The van der Waals surface area contributed by atoms with Crippen LogP contribution in [0.5, 0.6) is 11.5 Å². The summed E-state index contributed by atoms with van der Waals surface area (Å²) in [5, 5.41) is 14.6. The van der Waals surface area contributed by atoms with E-state index in [2.05, 4.69) is 18.9 Å². The number of amides is 2. The topological polar surface area (TPSA) is 129 Å². The monoisotopic (exact) mass is 400 g/mol. The van der Waals surface area contributed by atoms with Crippen molar-refractivity contribution in [2.75, 3.05) is 13.2 Å². The lowest BCUT2D eigenvalue weighted by atomic mass is 10.0. The van der Waals surface area contributed by atoms with Gasteiger partial charge in [0.15, 0.2) is 0 Å². The van der Waals surface area contributed by atoms with Gasteiger partial charge in [-0.3, -0.25) is 10.1 Å². The number of non-ortho nitro benzene ring substituents is 1. The SMILES string of the molecule is Cc1ccc(C(C)C)c(OCCOc2ccc([N+](=O)[O-])cc2/C=N\NC(N)=O)c1. The van der Waals surface area contributed by atoms with Crippen LogP contribution in [0.15, 0.2) is 41.5 Å². The van der Waals surface area contributed by atoms with Gasteiger partial charge in [0.2, 0.25) is 0 Å². The molecule has 29 heavy (non-hydrogen) atoms. The second-order valence-corrected chi connectivity index (χ2v) is 6.61. The molecular formula is C20H24N4O5. The van der Waals surface area contributed by atoms with E-state index in [1.54, 1.807) is 0 Å². The van der Waals surface area contributed by atoms with E-state index in [0.717, 1.165) is 16.9 Å². The zero-order valence-corrected chi connectivity index (χ0v) is 16.5. The van der Waals surface area contributed by atoms with E-state index in [0.29, 0.717) is 17.2 Å². The highest BCUT2D eigenvalue weighted by molar-refractivity contribution is 5.85. The third-order valence-corrected chi connectivity index (χ3v) is 3.97. The number of urea groups is 1. The number of nitro benzene ring substituents is 1. The van der Waals surface area contributed by atoms with Crippen molar-refractivity contribution < 1.29 is 19.2 Å². The minimum Gasteiger partial charge on any atom is -0.490 e. The molecule has 0 radical (unpaired) electrons. The largest absolute Gasteiger partial charge is 0.490 e. The molecule has 0 atom stereocenters. The van der Waals surface area contributed by atoms with Crippen molar-refractivity contribution in [1.29, 1.82) is 0 Å². The molecular weight excluding hydrogens is 376 g/mol. The molecule has 2 rings (SSSR count). The van der Waals surface area contributed by atoms with E-state index < -0.39 is 11.0 Å². The maximum atomic E-state index is 11.0. The molecule has 0 aliphatic carbocycles. The summed E-state index contributed by atoms with van der Waals surface area (Å²) in [6, 6.07) is 9.31. The number of nitrogens with one attached hydrogen (secondary N) is 1. The highest BCUT2D eigenvalue weighted by Gasteiger charge is 2.12. The van der Waals surface area contributed by atoms with Crippen LogP contribution < -0.4 is 20.6 Å². The highest BCUT2D eigenvalue weighted by Crippen LogP contribution is 2.27. The molecule has 3 N–H and O–H groups in total. The number of ether oxygens (including phenoxy) is 2. The lowest BCUT2D eigenvalue weighted by Gasteiger charge is -2.15. The third-order valence-electron chi connectivity index (χ3n) is 3.97. The summed E-state index contributed by atoms with van der Waals surface area (Å²) >= 11 is 0. The molecule has 0 aliphatic heterocycles. The molecule has 0 saturated heterocycles. The van der Waals surface area contributed by atoms with Crippen LogP contribution in [0.3, 0.4) is 0 Å². The fourth-order valence-corrected chi connectivity index (χ4v) is 2.59. The number of primary amides is 1. The van der Waals surface area contributed by atoms with Crippen LogP contribution in [-0.2, 0) is 0 Å². The van der Waals surface area contributed by atoms with E-state index in [1.165, 1.54) is 24.4 Å². The first kappa shape index (κ1) is 21.7. The highest BCUT2D eigenvalue weighted by atomic mass is 16.6. The molecule has 2 aromatic rings. The van der Waals surface area contributed by atoms with Gasteiger partial charge >= 0.3 is 6.03 Å². The van der Waals surface area contributed by atoms with Crippen LogP contribution in [0.2, 0.25) is 0 Å². The fourth-order valence-electron chi connectivity index (χ4n) is 2.59. The van der Waals surface area contributed by atoms with Gasteiger partial charge in [0.1, 0.15) is 24.7 Å². The molecule has 0 fully saturated rings. The van der Waals surface area contributed by atoms with Crippen molar-refractivity contribution in [1.82, 2.24) is 5.43 Å². The molecule has 0 spiro atoms. The number of aryl methyl sites for hydroxylation is 1. The molecule has 0 aromatic heterocycles. The van der Waals surface area contributed by atoms with Gasteiger partial charge in [-0.1, -0.05) is 26.0 Å². The van der Waals surface area contributed by atoms with Crippen molar-refractivity contribution >= 4 is 17.9 Å². The molecule has 2 aromatic carbocycles. The van der Waals surface area contributed by atoms with Crippen LogP contribution in [0, 0.1) is 17.0 Å². The third kappa shape index (κ3) is 6.49. The Kier molecular flexibility index (Phi) is 7.53. The van der Waals surface area contributed by atoms with Gasteiger partial charge in [-0.25, -0.2) is 10.2 Å². The molecule has 154 valence electrons. The van der Waals surface area contributed by atoms with Crippen molar-refractivity contribution in [2.24, 2.45) is 10.8 Å². The quantitative estimate of drug-likeness (QED) is 0.288.